The average molecular weight is 358 g/mol. The van der Waals surface area contributed by atoms with E-state index < -0.39 is 12.1 Å². The smallest absolute Gasteiger partial charge is 0.407 e. The summed E-state index contributed by atoms with van der Waals surface area (Å²) in [6.07, 6.45) is 10.3. The first-order valence-electron chi connectivity index (χ1n) is 10.2. The van der Waals surface area contributed by atoms with Gasteiger partial charge in [-0.1, -0.05) is 79.1 Å². The van der Waals surface area contributed by atoms with Gasteiger partial charge in [0, 0.05) is 0 Å². The normalized spacial score (nSPS) is 13.1. The summed E-state index contributed by atoms with van der Waals surface area (Å²) in [5, 5.41) is 2.67. The summed E-state index contributed by atoms with van der Waals surface area (Å²) in [5.41, 5.74) is 0. The molecule has 0 aliphatic heterocycles. The second kappa shape index (κ2) is 16.2. The Hall–Kier alpha value is -1.26. The van der Waals surface area contributed by atoms with Gasteiger partial charge >= 0.3 is 12.1 Å². The van der Waals surface area contributed by atoms with E-state index in [0.717, 1.165) is 32.1 Å². The van der Waals surface area contributed by atoms with E-state index in [-0.39, 0.29) is 11.9 Å². The molecule has 148 valence electrons. The number of carbonyl (C=O) groups is 2. The summed E-state index contributed by atoms with van der Waals surface area (Å²) in [6.45, 7) is 8.97. The van der Waals surface area contributed by atoms with Gasteiger partial charge in [0.15, 0.2) is 0 Å². The minimum atomic E-state index is -0.635. The summed E-state index contributed by atoms with van der Waals surface area (Å²) in [5.74, 6) is -0.340. The number of esters is 1. The van der Waals surface area contributed by atoms with E-state index >= 15 is 0 Å². The van der Waals surface area contributed by atoms with Crippen LogP contribution in [0.3, 0.4) is 0 Å². The topological polar surface area (TPSA) is 64.6 Å². The summed E-state index contributed by atoms with van der Waals surface area (Å²) in [7, 11) is 0. The van der Waals surface area contributed by atoms with Crippen molar-refractivity contribution in [3.63, 3.8) is 0 Å². The first-order valence-corrected chi connectivity index (χ1v) is 10.2. The maximum Gasteiger partial charge on any atom is 0.407 e. The maximum atomic E-state index is 12.3. The second-order valence-electron chi connectivity index (χ2n) is 6.79. The number of hydrogen-bond donors (Lipinski definition) is 1. The third-order valence-electron chi connectivity index (χ3n) is 4.46. The number of alkyl carbamates (subject to hydrolysis) is 1. The molecule has 0 bridgehead atoms. The lowest BCUT2D eigenvalue weighted by Crippen LogP contribution is -2.46. The zero-order valence-electron chi connectivity index (χ0n) is 16.8. The molecule has 0 fully saturated rings. The lowest BCUT2D eigenvalue weighted by Gasteiger charge is -2.22. The minimum Gasteiger partial charge on any atom is -0.464 e. The van der Waals surface area contributed by atoms with Crippen LogP contribution >= 0.6 is 0 Å². The van der Waals surface area contributed by atoms with Crippen LogP contribution in [0.15, 0.2) is 0 Å². The molecule has 0 heterocycles. The van der Waals surface area contributed by atoms with E-state index in [9.17, 15) is 9.59 Å². The monoisotopic (exact) mass is 357 g/mol. The molecule has 0 aromatic carbocycles. The predicted octanol–water partition coefficient (Wildman–Crippen LogP) is 5.22. The highest BCUT2D eigenvalue weighted by Gasteiger charge is 2.27. The van der Waals surface area contributed by atoms with Gasteiger partial charge in [0.05, 0.1) is 13.2 Å². The SMILES string of the molecule is CCCCCCCCCOC(=O)C(NC(=O)OCCCC)C(C)CC. The van der Waals surface area contributed by atoms with Gasteiger partial charge in [0.25, 0.3) is 0 Å². The summed E-state index contributed by atoms with van der Waals surface area (Å²) in [4.78, 5) is 24.1. The Bertz CT molecular complexity index is 347. The molecule has 5 heteroatoms. The van der Waals surface area contributed by atoms with Crippen LogP contribution in [-0.4, -0.2) is 31.3 Å². The number of ether oxygens (including phenoxy) is 2. The molecule has 0 aliphatic rings. The lowest BCUT2D eigenvalue weighted by atomic mass is 9.99. The molecule has 0 aromatic heterocycles. The van der Waals surface area contributed by atoms with Gasteiger partial charge in [-0.15, -0.1) is 0 Å². The lowest BCUT2D eigenvalue weighted by molar-refractivity contribution is -0.147. The maximum absolute atomic E-state index is 12.3. The van der Waals surface area contributed by atoms with Crippen molar-refractivity contribution in [1.82, 2.24) is 5.32 Å². The van der Waals surface area contributed by atoms with Crippen LogP contribution in [0.1, 0.15) is 91.9 Å². The van der Waals surface area contributed by atoms with Crippen molar-refractivity contribution < 1.29 is 19.1 Å². The number of carbonyl (C=O) groups excluding carboxylic acids is 2. The van der Waals surface area contributed by atoms with E-state index in [0.29, 0.717) is 13.2 Å². The first-order chi connectivity index (χ1) is 12.1. The molecule has 2 atom stereocenters. The van der Waals surface area contributed by atoms with Crippen LogP contribution in [0.5, 0.6) is 0 Å². The number of rotatable bonds is 15. The molecule has 1 N–H and O–H groups in total. The Morgan fingerprint density at radius 2 is 1.36 bits per heavy atom. The molecule has 0 aliphatic carbocycles. The Morgan fingerprint density at radius 1 is 0.800 bits per heavy atom. The van der Waals surface area contributed by atoms with Crippen LogP contribution in [0, 0.1) is 5.92 Å². The molecular weight excluding hydrogens is 318 g/mol. The van der Waals surface area contributed by atoms with Crippen molar-refractivity contribution in [3.05, 3.63) is 0 Å². The van der Waals surface area contributed by atoms with Gasteiger partial charge in [-0.3, -0.25) is 0 Å². The number of amides is 1. The van der Waals surface area contributed by atoms with Crippen molar-refractivity contribution in [2.75, 3.05) is 13.2 Å². The predicted molar refractivity (Wildman–Crippen MR) is 102 cm³/mol. The number of unbranched alkanes of at least 4 members (excludes halogenated alkanes) is 7. The van der Waals surface area contributed by atoms with Crippen molar-refractivity contribution in [3.8, 4) is 0 Å². The zero-order chi connectivity index (χ0) is 18.9. The minimum absolute atomic E-state index is 0.0141. The van der Waals surface area contributed by atoms with Gasteiger partial charge in [0.1, 0.15) is 6.04 Å². The van der Waals surface area contributed by atoms with E-state index in [1.807, 2.05) is 20.8 Å². The molecule has 25 heavy (non-hydrogen) atoms. The Morgan fingerprint density at radius 3 is 1.96 bits per heavy atom. The van der Waals surface area contributed by atoms with Gasteiger partial charge in [-0.05, 0) is 18.8 Å². The van der Waals surface area contributed by atoms with Gasteiger partial charge in [-0.2, -0.15) is 0 Å². The average Bonchev–Trinajstić information content (AvgIpc) is 2.61. The third-order valence-corrected chi connectivity index (χ3v) is 4.46. The highest BCUT2D eigenvalue weighted by molar-refractivity contribution is 5.81. The van der Waals surface area contributed by atoms with Crippen LogP contribution in [0.25, 0.3) is 0 Å². The van der Waals surface area contributed by atoms with Crippen molar-refractivity contribution in [2.45, 2.75) is 97.9 Å². The summed E-state index contributed by atoms with van der Waals surface area (Å²) < 4.78 is 10.5. The van der Waals surface area contributed by atoms with Crippen molar-refractivity contribution in [1.29, 1.82) is 0 Å². The van der Waals surface area contributed by atoms with E-state index in [4.69, 9.17) is 9.47 Å². The quantitative estimate of drug-likeness (QED) is 0.322. The molecule has 0 aromatic rings. The molecule has 1 amide bonds. The second-order valence-corrected chi connectivity index (χ2v) is 6.79. The Balaban J connectivity index is 4.08. The Labute approximate surface area is 154 Å². The molecular formula is C20H39NO4. The molecule has 0 saturated heterocycles. The highest BCUT2D eigenvalue weighted by Crippen LogP contribution is 2.11. The van der Waals surface area contributed by atoms with Gasteiger partial charge in [0.2, 0.25) is 0 Å². The van der Waals surface area contributed by atoms with Crippen LogP contribution < -0.4 is 5.32 Å². The van der Waals surface area contributed by atoms with E-state index in [1.54, 1.807) is 0 Å². The fourth-order valence-corrected chi connectivity index (χ4v) is 2.47. The highest BCUT2D eigenvalue weighted by atomic mass is 16.6. The summed E-state index contributed by atoms with van der Waals surface area (Å²) >= 11 is 0. The third kappa shape index (κ3) is 12.7. The van der Waals surface area contributed by atoms with Crippen LogP contribution in [0.4, 0.5) is 4.79 Å². The van der Waals surface area contributed by atoms with E-state index in [2.05, 4.69) is 12.2 Å². The molecule has 0 radical (unpaired) electrons. The molecule has 2 unspecified atom stereocenters. The fourth-order valence-electron chi connectivity index (χ4n) is 2.47. The zero-order valence-corrected chi connectivity index (χ0v) is 16.8. The van der Waals surface area contributed by atoms with Crippen LogP contribution in [0.2, 0.25) is 0 Å². The van der Waals surface area contributed by atoms with Crippen molar-refractivity contribution in [2.24, 2.45) is 5.92 Å². The Kier molecular flexibility index (Phi) is 15.4. The first kappa shape index (κ1) is 23.7. The van der Waals surface area contributed by atoms with Gasteiger partial charge in [-0.25, -0.2) is 9.59 Å². The molecule has 5 nitrogen and oxygen atoms in total. The largest absolute Gasteiger partial charge is 0.464 e. The van der Waals surface area contributed by atoms with Crippen molar-refractivity contribution >= 4 is 12.1 Å². The molecule has 0 spiro atoms. The summed E-state index contributed by atoms with van der Waals surface area (Å²) in [6, 6.07) is -0.635. The standard InChI is InChI=1S/C20H39NO4/c1-5-8-10-11-12-13-14-16-24-19(22)18(17(4)7-3)21-20(23)25-15-9-6-2/h17-18H,5-16H2,1-4H3,(H,21,23). The molecule has 0 rings (SSSR count). The fraction of sp³-hybridized carbons (Fsp3) is 0.900. The number of hydrogen-bond acceptors (Lipinski definition) is 4. The van der Waals surface area contributed by atoms with Crippen LogP contribution in [-0.2, 0) is 14.3 Å². The van der Waals surface area contributed by atoms with Gasteiger partial charge < -0.3 is 14.8 Å². The number of nitrogens with one attached hydrogen (secondary N) is 1. The molecule has 0 saturated carbocycles. The van der Waals surface area contributed by atoms with E-state index in [1.165, 1.54) is 32.1 Å².